The van der Waals surface area contributed by atoms with Gasteiger partial charge in [-0.1, -0.05) is 6.92 Å². The van der Waals surface area contributed by atoms with Crippen molar-refractivity contribution in [1.29, 1.82) is 0 Å². The second kappa shape index (κ2) is 7.22. The molecule has 1 rings (SSSR count). The van der Waals surface area contributed by atoms with E-state index in [1.54, 1.807) is 0 Å². The van der Waals surface area contributed by atoms with E-state index in [2.05, 4.69) is 12.2 Å². The maximum atomic E-state index is 9.59. The summed E-state index contributed by atoms with van der Waals surface area (Å²) in [5, 5.41) is 12.9. The van der Waals surface area contributed by atoms with Crippen LogP contribution in [0.25, 0.3) is 0 Å². The van der Waals surface area contributed by atoms with E-state index in [4.69, 9.17) is 9.47 Å². The van der Waals surface area contributed by atoms with Crippen molar-refractivity contribution < 1.29 is 14.6 Å². The summed E-state index contributed by atoms with van der Waals surface area (Å²) in [6.07, 6.45) is 2.20. The zero-order chi connectivity index (χ0) is 11.9. The van der Waals surface area contributed by atoms with E-state index in [0.29, 0.717) is 38.4 Å². The molecule has 0 heterocycles. The van der Waals surface area contributed by atoms with E-state index in [9.17, 15) is 5.11 Å². The van der Waals surface area contributed by atoms with E-state index in [1.165, 1.54) is 12.8 Å². The van der Waals surface area contributed by atoms with Gasteiger partial charge in [0.05, 0.1) is 25.9 Å². The lowest BCUT2D eigenvalue weighted by atomic mass is 10.1. The molecule has 2 N–H and O–H groups in total. The zero-order valence-electron chi connectivity index (χ0n) is 10.5. The third-order valence-electron chi connectivity index (χ3n) is 2.92. The average Bonchev–Trinajstić information content (AvgIpc) is 2.96. The molecule has 0 radical (unpaired) electrons. The van der Waals surface area contributed by atoms with Gasteiger partial charge in [0.25, 0.3) is 0 Å². The van der Waals surface area contributed by atoms with Crippen molar-refractivity contribution in [3.8, 4) is 0 Å². The average molecular weight is 231 g/mol. The summed E-state index contributed by atoms with van der Waals surface area (Å²) in [7, 11) is 0. The van der Waals surface area contributed by atoms with Crippen molar-refractivity contribution in [3.05, 3.63) is 0 Å². The first kappa shape index (κ1) is 13.9. The van der Waals surface area contributed by atoms with Crippen LogP contribution in [0.3, 0.4) is 0 Å². The Morgan fingerprint density at radius 2 is 2.00 bits per heavy atom. The Kier molecular flexibility index (Phi) is 6.28. The molecule has 1 atom stereocenters. The normalized spacial score (nSPS) is 19.7. The monoisotopic (exact) mass is 231 g/mol. The van der Waals surface area contributed by atoms with Crippen molar-refractivity contribution in [3.63, 3.8) is 0 Å². The molecule has 0 saturated heterocycles. The molecule has 0 aromatic heterocycles. The van der Waals surface area contributed by atoms with E-state index < -0.39 is 6.10 Å². The Labute approximate surface area is 98.3 Å². The smallest absolute Gasteiger partial charge is 0.0897 e. The maximum Gasteiger partial charge on any atom is 0.0897 e. The van der Waals surface area contributed by atoms with Gasteiger partial charge < -0.3 is 19.9 Å². The van der Waals surface area contributed by atoms with Crippen LogP contribution < -0.4 is 5.32 Å². The summed E-state index contributed by atoms with van der Waals surface area (Å²) < 4.78 is 10.4. The predicted octanol–water partition coefficient (Wildman–Crippen LogP) is 0.790. The number of hydrogen-bond acceptors (Lipinski definition) is 4. The van der Waals surface area contributed by atoms with E-state index >= 15 is 0 Å². The van der Waals surface area contributed by atoms with Crippen LogP contribution in [0.4, 0.5) is 0 Å². The van der Waals surface area contributed by atoms with Crippen LogP contribution in [0.1, 0.15) is 26.7 Å². The summed E-state index contributed by atoms with van der Waals surface area (Å²) in [5.74, 6) is 0. The molecule has 1 saturated carbocycles. The van der Waals surface area contributed by atoms with Gasteiger partial charge >= 0.3 is 0 Å². The summed E-state index contributed by atoms with van der Waals surface area (Å²) in [5.41, 5.74) is 0.496. The van der Waals surface area contributed by atoms with Crippen LogP contribution in [0, 0.1) is 5.41 Å². The molecule has 1 aliphatic rings. The highest BCUT2D eigenvalue weighted by atomic mass is 16.5. The SMILES string of the molecule is CCOCCOCC(O)CNCC1(C)CC1. The fourth-order valence-corrected chi connectivity index (χ4v) is 1.47. The molecule has 0 aliphatic heterocycles. The van der Waals surface area contributed by atoms with Crippen LogP contribution in [0.2, 0.25) is 0 Å². The largest absolute Gasteiger partial charge is 0.389 e. The predicted molar refractivity (Wildman–Crippen MR) is 63.5 cm³/mol. The molecule has 4 nitrogen and oxygen atoms in total. The van der Waals surface area contributed by atoms with Gasteiger partial charge in [0.2, 0.25) is 0 Å². The number of rotatable bonds is 10. The van der Waals surface area contributed by atoms with Crippen LogP contribution >= 0.6 is 0 Å². The third-order valence-corrected chi connectivity index (χ3v) is 2.92. The lowest BCUT2D eigenvalue weighted by molar-refractivity contribution is 0.00628. The molecule has 1 aliphatic carbocycles. The number of aliphatic hydroxyl groups excluding tert-OH is 1. The minimum atomic E-state index is -0.413. The molecule has 96 valence electrons. The van der Waals surface area contributed by atoms with Crippen LogP contribution in [0.5, 0.6) is 0 Å². The molecular formula is C12H25NO3. The van der Waals surface area contributed by atoms with Gasteiger partial charge in [-0.2, -0.15) is 0 Å². The van der Waals surface area contributed by atoms with Gasteiger partial charge in [-0.25, -0.2) is 0 Å². The number of hydrogen-bond donors (Lipinski definition) is 2. The molecular weight excluding hydrogens is 206 g/mol. The molecule has 4 heteroatoms. The van der Waals surface area contributed by atoms with Crippen LogP contribution in [-0.2, 0) is 9.47 Å². The third kappa shape index (κ3) is 6.43. The standard InChI is InChI=1S/C12H25NO3/c1-3-15-6-7-16-9-11(14)8-13-10-12(2)4-5-12/h11,13-14H,3-10H2,1-2H3. The molecule has 16 heavy (non-hydrogen) atoms. The Morgan fingerprint density at radius 1 is 1.31 bits per heavy atom. The second-order valence-corrected chi connectivity index (χ2v) is 4.87. The van der Waals surface area contributed by atoms with Crippen LogP contribution in [0.15, 0.2) is 0 Å². The van der Waals surface area contributed by atoms with Gasteiger partial charge in [-0.05, 0) is 25.2 Å². The fourth-order valence-electron chi connectivity index (χ4n) is 1.47. The molecule has 0 amide bonds. The van der Waals surface area contributed by atoms with Crippen molar-refractivity contribution in [2.75, 3.05) is 39.5 Å². The minimum Gasteiger partial charge on any atom is -0.389 e. The van der Waals surface area contributed by atoms with Gasteiger partial charge in [-0.3, -0.25) is 0 Å². The Morgan fingerprint density at radius 3 is 2.62 bits per heavy atom. The summed E-state index contributed by atoms with van der Waals surface area (Å²) in [4.78, 5) is 0. The Bertz CT molecular complexity index is 183. The van der Waals surface area contributed by atoms with Gasteiger partial charge in [0, 0.05) is 19.7 Å². The molecule has 1 fully saturated rings. The highest BCUT2D eigenvalue weighted by Crippen LogP contribution is 2.43. The lowest BCUT2D eigenvalue weighted by Crippen LogP contribution is -2.33. The molecule has 1 unspecified atom stereocenters. The first-order valence-corrected chi connectivity index (χ1v) is 6.20. The second-order valence-electron chi connectivity index (χ2n) is 4.87. The van der Waals surface area contributed by atoms with Crippen LogP contribution in [-0.4, -0.2) is 50.7 Å². The summed E-state index contributed by atoms with van der Waals surface area (Å²) in [6.45, 7) is 8.11. The highest BCUT2D eigenvalue weighted by Gasteiger charge is 2.36. The molecule has 0 spiro atoms. The van der Waals surface area contributed by atoms with Crippen molar-refractivity contribution in [1.82, 2.24) is 5.32 Å². The highest BCUT2D eigenvalue weighted by molar-refractivity contribution is 4.90. The number of aliphatic hydroxyl groups is 1. The summed E-state index contributed by atoms with van der Waals surface area (Å²) in [6, 6.07) is 0. The van der Waals surface area contributed by atoms with Gasteiger partial charge in [0.15, 0.2) is 0 Å². The van der Waals surface area contributed by atoms with Gasteiger partial charge in [-0.15, -0.1) is 0 Å². The zero-order valence-corrected chi connectivity index (χ0v) is 10.5. The Hall–Kier alpha value is -0.160. The quantitative estimate of drug-likeness (QED) is 0.546. The molecule has 0 aromatic carbocycles. The van der Waals surface area contributed by atoms with Crippen molar-refractivity contribution >= 4 is 0 Å². The topological polar surface area (TPSA) is 50.7 Å². The lowest BCUT2D eigenvalue weighted by Gasteiger charge is -2.14. The number of nitrogens with one attached hydrogen (secondary N) is 1. The molecule has 0 bridgehead atoms. The molecule has 0 aromatic rings. The van der Waals surface area contributed by atoms with E-state index in [-0.39, 0.29) is 0 Å². The first-order valence-electron chi connectivity index (χ1n) is 6.20. The first-order chi connectivity index (χ1) is 7.66. The Balaban J connectivity index is 1.84. The fraction of sp³-hybridized carbons (Fsp3) is 1.00. The number of ether oxygens (including phenoxy) is 2. The minimum absolute atomic E-state index is 0.386. The van der Waals surface area contributed by atoms with Crippen molar-refractivity contribution in [2.45, 2.75) is 32.8 Å². The van der Waals surface area contributed by atoms with E-state index in [1.807, 2.05) is 6.92 Å². The van der Waals surface area contributed by atoms with Crippen molar-refractivity contribution in [2.24, 2.45) is 5.41 Å². The maximum absolute atomic E-state index is 9.59. The summed E-state index contributed by atoms with van der Waals surface area (Å²) >= 11 is 0. The van der Waals surface area contributed by atoms with Gasteiger partial charge in [0.1, 0.15) is 0 Å². The van der Waals surface area contributed by atoms with E-state index in [0.717, 1.165) is 6.54 Å².